The van der Waals surface area contributed by atoms with Gasteiger partial charge in [0.15, 0.2) is 0 Å². The number of ether oxygens (including phenoxy) is 1. The summed E-state index contributed by atoms with van der Waals surface area (Å²) in [5, 5.41) is 6.52. The number of carbonyl (C=O) groups excluding carboxylic acids is 3. The molecule has 2 atom stereocenters. The standard InChI is InChI=1S/C35H40Cl2FN5O4/c1-34(24-8-10-27(36)28(37)21-24,32(45)41-29(31(44)40-16-15-39)20-23-6-4-3-5-7-23)12-17-43-18-13-35(14-19-43)26-22-25(38)9-11-30(26)42(2)33(46)47-35/h3-11,21-22,29H,12-20,39H2,1-2H3,(H,40,44)(H,41,45)/t29-,34-/m0/s1. The summed E-state index contributed by atoms with van der Waals surface area (Å²) in [6, 6.07) is 18.2. The molecule has 1 saturated heterocycles. The van der Waals surface area contributed by atoms with Crippen molar-refractivity contribution in [2.45, 2.75) is 49.7 Å². The number of benzene rings is 3. The van der Waals surface area contributed by atoms with Crippen molar-refractivity contribution in [2.75, 3.05) is 44.7 Å². The van der Waals surface area contributed by atoms with E-state index in [1.807, 2.05) is 37.3 Å². The molecule has 0 aromatic heterocycles. The van der Waals surface area contributed by atoms with E-state index >= 15 is 0 Å². The molecule has 2 aliphatic rings. The van der Waals surface area contributed by atoms with E-state index in [4.69, 9.17) is 33.7 Å². The fourth-order valence-electron chi connectivity index (χ4n) is 6.37. The molecular formula is C35H40Cl2FN5O4. The third-order valence-corrected chi connectivity index (χ3v) is 10.1. The number of carbonyl (C=O) groups is 3. The van der Waals surface area contributed by atoms with Crippen molar-refractivity contribution in [3.63, 3.8) is 0 Å². The molecule has 0 bridgehead atoms. The summed E-state index contributed by atoms with van der Waals surface area (Å²) in [4.78, 5) is 43.8. The minimum Gasteiger partial charge on any atom is -0.437 e. The third kappa shape index (κ3) is 7.56. The molecule has 47 heavy (non-hydrogen) atoms. The van der Waals surface area contributed by atoms with Gasteiger partial charge in [-0.15, -0.1) is 0 Å². The Morgan fingerprint density at radius 1 is 1.06 bits per heavy atom. The highest BCUT2D eigenvalue weighted by atomic mass is 35.5. The maximum atomic E-state index is 14.3. The molecule has 1 spiro atoms. The van der Waals surface area contributed by atoms with E-state index in [1.165, 1.54) is 17.0 Å². The van der Waals surface area contributed by atoms with E-state index in [1.54, 1.807) is 31.3 Å². The number of fused-ring (bicyclic) bond motifs is 2. The molecule has 0 radical (unpaired) electrons. The largest absolute Gasteiger partial charge is 0.437 e. The molecule has 1 fully saturated rings. The van der Waals surface area contributed by atoms with Gasteiger partial charge in [0, 0.05) is 58.1 Å². The van der Waals surface area contributed by atoms with Gasteiger partial charge in [-0.05, 0) is 61.3 Å². The second kappa shape index (κ2) is 14.6. The van der Waals surface area contributed by atoms with Crippen LogP contribution in [-0.2, 0) is 31.8 Å². The summed E-state index contributed by atoms with van der Waals surface area (Å²) < 4.78 is 20.3. The summed E-state index contributed by atoms with van der Waals surface area (Å²) in [7, 11) is 1.61. The summed E-state index contributed by atoms with van der Waals surface area (Å²) in [6.45, 7) is 4.03. The molecule has 5 rings (SSSR count). The van der Waals surface area contributed by atoms with Gasteiger partial charge in [0.25, 0.3) is 0 Å². The molecule has 0 aliphatic carbocycles. The number of nitrogens with zero attached hydrogens (tertiary/aromatic N) is 2. The molecule has 3 aromatic rings. The van der Waals surface area contributed by atoms with Gasteiger partial charge in [-0.2, -0.15) is 0 Å². The Morgan fingerprint density at radius 3 is 2.47 bits per heavy atom. The van der Waals surface area contributed by atoms with E-state index in [-0.39, 0.29) is 30.7 Å². The Kier molecular flexibility index (Phi) is 10.8. The number of hydrogen-bond donors (Lipinski definition) is 3. The van der Waals surface area contributed by atoms with Gasteiger partial charge in [0.2, 0.25) is 11.8 Å². The van der Waals surface area contributed by atoms with Gasteiger partial charge in [-0.25, -0.2) is 9.18 Å². The van der Waals surface area contributed by atoms with Gasteiger partial charge < -0.3 is 26.0 Å². The SMILES string of the molecule is CN1C(=O)OC2(CCN(CC[C@](C)(C(=O)N[C@@H](Cc3ccccc3)C(=O)NCCN)c3ccc(Cl)c(Cl)c3)CC2)c2cc(F)ccc21. The van der Waals surface area contributed by atoms with E-state index in [2.05, 4.69) is 15.5 Å². The predicted octanol–water partition coefficient (Wildman–Crippen LogP) is 5.16. The van der Waals surface area contributed by atoms with Crippen LogP contribution in [0.5, 0.6) is 0 Å². The quantitative estimate of drug-likeness (QED) is 0.257. The fourth-order valence-corrected chi connectivity index (χ4v) is 6.67. The van der Waals surface area contributed by atoms with Crippen LogP contribution >= 0.6 is 23.2 Å². The van der Waals surface area contributed by atoms with Crippen molar-refractivity contribution in [1.29, 1.82) is 0 Å². The molecule has 4 N–H and O–H groups in total. The van der Waals surface area contributed by atoms with Crippen LogP contribution in [0.3, 0.4) is 0 Å². The minimum atomic E-state index is -1.10. The molecule has 2 heterocycles. The molecule has 0 saturated carbocycles. The summed E-state index contributed by atoms with van der Waals surface area (Å²) in [5.74, 6) is -1.04. The second-order valence-corrected chi connectivity index (χ2v) is 13.2. The lowest BCUT2D eigenvalue weighted by Crippen LogP contribution is -2.55. The zero-order valence-corrected chi connectivity index (χ0v) is 28.0. The van der Waals surface area contributed by atoms with Crippen molar-refractivity contribution in [2.24, 2.45) is 5.73 Å². The highest BCUT2D eigenvalue weighted by Gasteiger charge is 2.47. The van der Waals surface area contributed by atoms with E-state index in [0.29, 0.717) is 72.2 Å². The molecule has 12 heteroatoms. The average molecular weight is 685 g/mol. The van der Waals surface area contributed by atoms with Crippen LogP contribution in [-0.4, -0.2) is 68.6 Å². The predicted molar refractivity (Wildman–Crippen MR) is 181 cm³/mol. The molecule has 250 valence electrons. The van der Waals surface area contributed by atoms with Crippen LogP contribution < -0.4 is 21.3 Å². The first kappa shape index (κ1) is 34.6. The summed E-state index contributed by atoms with van der Waals surface area (Å²) in [6.07, 6.45) is 1.16. The van der Waals surface area contributed by atoms with Crippen LogP contribution in [0.15, 0.2) is 66.7 Å². The minimum absolute atomic E-state index is 0.270. The van der Waals surface area contributed by atoms with Crippen molar-refractivity contribution in [3.05, 3.63) is 99.3 Å². The molecule has 3 amide bonds. The smallest absolute Gasteiger partial charge is 0.414 e. The first-order valence-corrected chi connectivity index (χ1v) is 16.5. The molecule has 2 aliphatic heterocycles. The zero-order valence-electron chi connectivity index (χ0n) is 26.5. The van der Waals surface area contributed by atoms with E-state index in [9.17, 15) is 18.8 Å². The lowest BCUT2D eigenvalue weighted by molar-refractivity contribution is -0.132. The van der Waals surface area contributed by atoms with Crippen molar-refractivity contribution >= 4 is 46.8 Å². The first-order chi connectivity index (χ1) is 22.5. The maximum Gasteiger partial charge on any atom is 0.414 e. The lowest BCUT2D eigenvalue weighted by Gasteiger charge is -2.46. The number of piperidine rings is 1. The highest BCUT2D eigenvalue weighted by molar-refractivity contribution is 6.42. The number of likely N-dealkylation sites (tertiary alicyclic amines) is 1. The van der Waals surface area contributed by atoms with Crippen LogP contribution in [0.2, 0.25) is 10.0 Å². The maximum absolute atomic E-state index is 14.3. The van der Waals surface area contributed by atoms with Gasteiger partial charge in [0.05, 0.1) is 21.1 Å². The van der Waals surface area contributed by atoms with Crippen LogP contribution in [0.25, 0.3) is 0 Å². The summed E-state index contributed by atoms with van der Waals surface area (Å²) >= 11 is 12.7. The van der Waals surface area contributed by atoms with Gasteiger partial charge in [0.1, 0.15) is 17.5 Å². The number of nitrogens with two attached hydrogens (primary N) is 1. The Hall–Kier alpha value is -3.70. The fraction of sp³-hybridized carbons (Fsp3) is 0.400. The monoisotopic (exact) mass is 683 g/mol. The van der Waals surface area contributed by atoms with Crippen LogP contribution in [0.4, 0.5) is 14.9 Å². The van der Waals surface area contributed by atoms with Gasteiger partial charge in [-0.3, -0.25) is 14.5 Å². The van der Waals surface area contributed by atoms with E-state index < -0.39 is 23.2 Å². The van der Waals surface area contributed by atoms with Crippen LogP contribution in [0.1, 0.15) is 42.9 Å². The molecule has 0 unspecified atom stereocenters. The number of hydrogen-bond acceptors (Lipinski definition) is 6. The Balaban J connectivity index is 1.35. The van der Waals surface area contributed by atoms with Gasteiger partial charge >= 0.3 is 6.09 Å². The van der Waals surface area contributed by atoms with Crippen molar-refractivity contribution in [3.8, 4) is 0 Å². The topological polar surface area (TPSA) is 117 Å². The zero-order chi connectivity index (χ0) is 33.8. The second-order valence-electron chi connectivity index (χ2n) is 12.4. The third-order valence-electron chi connectivity index (χ3n) is 9.37. The van der Waals surface area contributed by atoms with Crippen LogP contribution in [0, 0.1) is 5.82 Å². The summed E-state index contributed by atoms with van der Waals surface area (Å²) in [5.41, 5.74) is 6.47. The lowest BCUT2D eigenvalue weighted by atomic mass is 9.77. The highest BCUT2D eigenvalue weighted by Crippen LogP contribution is 2.45. The number of nitrogens with one attached hydrogen (secondary N) is 2. The number of anilines is 1. The Morgan fingerprint density at radius 2 is 1.79 bits per heavy atom. The molecule has 9 nitrogen and oxygen atoms in total. The van der Waals surface area contributed by atoms with Gasteiger partial charge in [-0.1, -0.05) is 59.6 Å². The Bertz CT molecular complexity index is 1620. The van der Waals surface area contributed by atoms with Crippen molar-refractivity contribution in [1.82, 2.24) is 15.5 Å². The average Bonchev–Trinajstić information content (AvgIpc) is 3.07. The van der Waals surface area contributed by atoms with Crippen molar-refractivity contribution < 1.29 is 23.5 Å². The molecule has 3 aromatic carbocycles. The Labute approximate surface area is 284 Å². The molecular weight excluding hydrogens is 644 g/mol. The number of rotatable bonds is 11. The number of halogens is 3. The van der Waals surface area contributed by atoms with E-state index in [0.717, 1.165) is 5.56 Å². The normalized spacial score (nSPS) is 17.7. The first-order valence-electron chi connectivity index (χ1n) is 15.7. The number of amides is 3.